The van der Waals surface area contributed by atoms with E-state index in [4.69, 9.17) is 6.42 Å². The zero-order valence-corrected chi connectivity index (χ0v) is 6.42. The summed E-state index contributed by atoms with van der Waals surface area (Å²) in [6.07, 6.45) is 13.9. The lowest BCUT2D eigenvalue weighted by molar-refractivity contribution is 1.97. The molecule has 0 bridgehead atoms. The predicted molar refractivity (Wildman–Crippen MR) is 41.5 cm³/mol. The standard InChI is InChI=1S/C6H14S/c1-6-7(2,3,4)5/h1,7H,2-5H3. The molecule has 0 aromatic carbocycles. The van der Waals surface area contributed by atoms with Crippen molar-refractivity contribution >= 4 is 9.16 Å². The third kappa shape index (κ3) is 5.91. The molecule has 0 saturated heterocycles. The summed E-state index contributed by atoms with van der Waals surface area (Å²) in [5, 5.41) is 2.81. The summed E-state index contributed by atoms with van der Waals surface area (Å²) < 4.78 is 0. The first kappa shape index (κ1) is 6.91. The highest BCUT2D eigenvalue weighted by Gasteiger charge is 2.11. The average molecular weight is 118 g/mol. The van der Waals surface area contributed by atoms with E-state index in [-0.39, 0.29) is 0 Å². The van der Waals surface area contributed by atoms with E-state index in [9.17, 15) is 0 Å². The Morgan fingerprint density at radius 3 is 1.29 bits per heavy atom. The average Bonchev–Trinajstić information content (AvgIpc) is 1.32. The third-order valence-electron chi connectivity index (χ3n) is 0.516. The van der Waals surface area contributed by atoms with Crippen molar-refractivity contribution in [1.82, 2.24) is 0 Å². The van der Waals surface area contributed by atoms with Crippen LogP contribution in [0.4, 0.5) is 0 Å². The molecule has 0 heterocycles. The zero-order chi connectivity index (χ0) is 6.15. The van der Waals surface area contributed by atoms with Crippen LogP contribution in [0.25, 0.3) is 0 Å². The fourth-order valence-electron chi connectivity index (χ4n) is 0. The molecule has 1 heteroatoms. The SMILES string of the molecule is C#C[SH](C)(C)(C)C. The van der Waals surface area contributed by atoms with Crippen LogP contribution in [0.5, 0.6) is 0 Å². The second kappa shape index (κ2) is 1.20. The first-order valence-electron chi connectivity index (χ1n) is 2.30. The highest BCUT2D eigenvalue weighted by Crippen LogP contribution is 2.53. The van der Waals surface area contributed by atoms with Crippen molar-refractivity contribution in [2.45, 2.75) is 0 Å². The second-order valence-corrected chi connectivity index (χ2v) is 11.1. The van der Waals surface area contributed by atoms with Gasteiger partial charge in [-0.15, -0.1) is 6.42 Å². The number of rotatable bonds is 0. The van der Waals surface area contributed by atoms with E-state index < -0.39 is 9.16 Å². The van der Waals surface area contributed by atoms with Crippen molar-refractivity contribution in [2.24, 2.45) is 0 Å². The smallest absolute Gasteiger partial charge is 0.0396 e. The highest BCUT2D eigenvalue weighted by atomic mass is 32.3. The van der Waals surface area contributed by atoms with Crippen LogP contribution in [0.3, 0.4) is 0 Å². The van der Waals surface area contributed by atoms with E-state index in [0.717, 1.165) is 0 Å². The van der Waals surface area contributed by atoms with Crippen molar-refractivity contribution in [3.8, 4) is 11.7 Å². The molecule has 0 unspecified atom stereocenters. The minimum atomic E-state index is -1.55. The summed E-state index contributed by atoms with van der Waals surface area (Å²) >= 11 is 0. The van der Waals surface area contributed by atoms with Crippen LogP contribution < -0.4 is 0 Å². The summed E-state index contributed by atoms with van der Waals surface area (Å²) in [5.74, 6) is 0. The maximum Gasteiger partial charge on any atom is -0.0396 e. The molecule has 0 nitrogen and oxygen atoms in total. The molecule has 7 heavy (non-hydrogen) atoms. The van der Waals surface area contributed by atoms with Gasteiger partial charge in [0.05, 0.1) is 0 Å². The van der Waals surface area contributed by atoms with Gasteiger partial charge in [0.25, 0.3) is 0 Å². The molecule has 0 radical (unpaired) electrons. The number of hydrogen-bond acceptors (Lipinski definition) is 0. The van der Waals surface area contributed by atoms with Gasteiger partial charge in [0.2, 0.25) is 0 Å². The Kier molecular flexibility index (Phi) is 1.18. The molecule has 0 rings (SSSR count). The molecular weight excluding hydrogens is 104 g/mol. The van der Waals surface area contributed by atoms with Gasteiger partial charge in [-0.2, -0.15) is 0 Å². The summed E-state index contributed by atoms with van der Waals surface area (Å²) in [4.78, 5) is 0. The largest absolute Gasteiger partial charge is 0.243 e. The van der Waals surface area contributed by atoms with Crippen molar-refractivity contribution in [2.75, 3.05) is 25.0 Å². The van der Waals surface area contributed by atoms with Gasteiger partial charge in [-0.05, 0) is 25.0 Å². The Bertz CT molecular complexity index is 99.1. The fraction of sp³-hybridized carbons (Fsp3) is 0.667. The van der Waals surface area contributed by atoms with Crippen molar-refractivity contribution in [3.05, 3.63) is 0 Å². The van der Waals surface area contributed by atoms with Gasteiger partial charge in [0, 0.05) is 0 Å². The van der Waals surface area contributed by atoms with E-state index in [1.807, 2.05) is 0 Å². The van der Waals surface area contributed by atoms with E-state index >= 15 is 0 Å². The molecular formula is C6H14S. The molecule has 0 aliphatic rings. The Morgan fingerprint density at radius 1 is 1.14 bits per heavy atom. The van der Waals surface area contributed by atoms with Gasteiger partial charge >= 0.3 is 0 Å². The Morgan fingerprint density at radius 2 is 1.29 bits per heavy atom. The lowest BCUT2D eigenvalue weighted by atomic mass is 11.4. The van der Waals surface area contributed by atoms with Crippen LogP contribution in [0.1, 0.15) is 0 Å². The van der Waals surface area contributed by atoms with Crippen LogP contribution >= 0.6 is 9.16 Å². The number of hydrogen-bond donors (Lipinski definition) is 1. The molecule has 0 aliphatic heterocycles. The lowest BCUT2D eigenvalue weighted by Gasteiger charge is -2.40. The molecule has 0 fully saturated rings. The number of thiol groups is 1. The molecule has 0 saturated carbocycles. The van der Waals surface area contributed by atoms with Crippen LogP contribution in [-0.2, 0) is 0 Å². The molecule has 0 N–H and O–H groups in total. The van der Waals surface area contributed by atoms with Gasteiger partial charge in [-0.1, -0.05) is 5.25 Å². The van der Waals surface area contributed by atoms with E-state index in [0.29, 0.717) is 0 Å². The molecule has 0 aromatic rings. The monoisotopic (exact) mass is 118 g/mol. The van der Waals surface area contributed by atoms with E-state index in [1.165, 1.54) is 0 Å². The Labute approximate surface area is 46.6 Å². The highest BCUT2D eigenvalue weighted by molar-refractivity contribution is 8.51. The Balaban J connectivity index is 4.21. The minimum absolute atomic E-state index is 1.55. The molecule has 0 atom stereocenters. The van der Waals surface area contributed by atoms with Crippen molar-refractivity contribution < 1.29 is 0 Å². The summed E-state index contributed by atoms with van der Waals surface area (Å²) in [6.45, 7) is 0. The van der Waals surface area contributed by atoms with Gasteiger partial charge in [0.15, 0.2) is 0 Å². The second-order valence-electron chi connectivity index (χ2n) is 3.71. The quantitative estimate of drug-likeness (QED) is 0.358. The Hall–Kier alpha value is -0.0900. The molecule has 0 aromatic heterocycles. The van der Waals surface area contributed by atoms with Gasteiger partial charge < -0.3 is 0 Å². The summed E-state index contributed by atoms with van der Waals surface area (Å²) in [7, 11) is -1.55. The first-order valence-corrected chi connectivity index (χ1v) is 6.33. The van der Waals surface area contributed by atoms with Crippen LogP contribution in [0.2, 0.25) is 0 Å². The maximum absolute atomic E-state index is 5.25. The number of terminal acetylenes is 1. The van der Waals surface area contributed by atoms with Gasteiger partial charge in [-0.25, -0.2) is 9.16 Å². The molecule has 44 valence electrons. The zero-order valence-electron chi connectivity index (χ0n) is 5.52. The minimum Gasteiger partial charge on any atom is -0.243 e. The molecule has 0 amide bonds. The summed E-state index contributed by atoms with van der Waals surface area (Å²) in [5.41, 5.74) is 0. The predicted octanol–water partition coefficient (Wildman–Crippen LogP) is 1.17. The third-order valence-corrected chi connectivity index (χ3v) is 1.55. The summed E-state index contributed by atoms with van der Waals surface area (Å²) in [6, 6.07) is 0. The van der Waals surface area contributed by atoms with Crippen LogP contribution in [0.15, 0.2) is 0 Å². The fourth-order valence-corrected chi connectivity index (χ4v) is 0. The van der Waals surface area contributed by atoms with Crippen LogP contribution in [0, 0.1) is 11.7 Å². The topological polar surface area (TPSA) is 0 Å². The maximum atomic E-state index is 5.25. The van der Waals surface area contributed by atoms with Gasteiger partial charge in [-0.3, -0.25) is 0 Å². The van der Waals surface area contributed by atoms with Crippen LogP contribution in [-0.4, -0.2) is 25.0 Å². The van der Waals surface area contributed by atoms with E-state index in [1.54, 1.807) is 0 Å². The molecule has 0 spiro atoms. The van der Waals surface area contributed by atoms with E-state index in [2.05, 4.69) is 30.3 Å². The lowest BCUT2D eigenvalue weighted by Crippen LogP contribution is -2.05. The van der Waals surface area contributed by atoms with Crippen molar-refractivity contribution in [1.29, 1.82) is 0 Å². The normalized spacial score (nSPS) is 16.7. The van der Waals surface area contributed by atoms with Gasteiger partial charge in [0.1, 0.15) is 0 Å². The molecule has 0 aliphatic carbocycles. The first-order chi connectivity index (χ1) is 2.81. The van der Waals surface area contributed by atoms with Crippen molar-refractivity contribution in [3.63, 3.8) is 0 Å².